The van der Waals surface area contributed by atoms with Gasteiger partial charge in [-0.2, -0.15) is 0 Å². The van der Waals surface area contributed by atoms with E-state index in [4.69, 9.17) is 11.6 Å². The van der Waals surface area contributed by atoms with E-state index in [1.54, 1.807) is 24.0 Å². The smallest absolute Gasteiger partial charge is 0.242 e. The molecule has 0 bridgehead atoms. The minimum absolute atomic E-state index is 0.0727. The molecule has 0 spiro atoms. The molecule has 0 aliphatic carbocycles. The maximum absolute atomic E-state index is 13.1. The maximum atomic E-state index is 13.1. The second-order valence-electron chi connectivity index (χ2n) is 7.57. The number of benzene rings is 2. The van der Waals surface area contributed by atoms with Gasteiger partial charge in [-0.3, -0.25) is 9.59 Å². The highest BCUT2D eigenvalue weighted by molar-refractivity contribution is 6.30. The van der Waals surface area contributed by atoms with Gasteiger partial charge in [-0.25, -0.2) is 0 Å². The minimum atomic E-state index is -0.564. The Morgan fingerprint density at radius 3 is 2.29 bits per heavy atom. The van der Waals surface area contributed by atoms with Gasteiger partial charge in [-0.1, -0.05) is 61.8 Å². The SMILES string of the molecule is Cc1ccccc1CC(=O)N(Cc1ccc(Cl)cc1)[C@@H](C)C(=O)NCC(C)C. The summed E-state index contributed by atoms with van der Waals surface area (Å²) < 4.78 is 0. The molecule has 0 saturated carbocycles. The topological polar surface area (TPSA) is 49.4 Å². The van der Waals surface area contributed by atoms with Gasteiger partial charge < -0.3 is 10.2 Å². The van der Waals surface area contributed by atoms with E-state index in [0.717, 1.165) is 16.7 Å². The normalized spacial score (nSPS) is 11.9. The first-order valence-corrected chi connectivity index (χ1v) is 10.0. The molecule has 2 amide bonds. The number of rotatable bonds is 8. The molecule has 150 valence electrons. The van der Waals surface area contributed by atoms with Gasteiger partial charge in [-0.05, 0) is 48.6 Å². The van der Waals surface area contributed by atoms with Crippen molar-refractivity contribution < 1.29 is 9.59 Å². The van der Waals surface area contributed by atoms with Crippen LogP contribution in [0, 0.1) is 12.8 Å². The summed E-state index contributed by atoms with van der Waals surface area (Å²) in [5, 5.41) is 3.58. The van der Waals surface area contributed by atoms with E-state index in [2.05, 4.69) is 5.32 Å². The van der Waals surface area contributed by atoms with Gasteiger partial charge in [0.25, 0.3) is 0 Å². The molecule has 0 saturated heterocycles. The van der Waals surface area contributed by atoms with Crippen molar-refractivity contribution >= 4 is 23.4 Å². The quantitative estimate of drug-likeness (QED) is 0.714. The van der Waals surface area contributed by atoms with Crippen LogP contribution in [0.4, 0.5) is 0 Å². The van der Waals surface area contributed by atoms with Crippen molar-refractivity contribution in [3.05, 3.63) is 70.2 Å². The molecule has 0 fully saturated rings. The molecule has 5 heteroatoms. The Kier molecular flexibility index (Phi) is 8.06. The average molecular weight is 401 g/mol. The number of aryl methyl sites for hydroxylation is 1. The molecule has 0 aliphatic rings. The maximum Gasteiger partial charge on any atom is 0.242 e. The Bertz CT molecular complexity index is 803. The van der Waals surface area contributed by atoms with Crippen LogP contribution in [-0.2, 0) is 22.6 Å². The fourth-order valence-corrected chi connectivity index (χ4v) is 3.02. The number of halogens is 1. The summed E-state index contributed by atoms with van der Waals surface area (Å²) in [6.07, 6.45) is 0.266. The number of nitrogens with zero attached hydrogens (tertiary/aromatic N) is 1. The van der Waals surface area contributed by atoms with Gasteiger partial charge in [0.15, 0.2) is 0 Å². The largest absolute Gasteiger partial charge is 0.354 e. The number of hydrogen-bond acceptors (Lipinski definition) is 2. The van der Waals surface area contributed by atoms with Crippen molar-refractivity contribution in [2.24, 2.45) is 5.92 Å². The van der Waals surface area contributed by atoms with Crippen LogP contribution in [0.2, 0.25) is 5.02 Å². The third-order valence-electron chi connectivity index (χ3n) is 4.72. The highest BCUT2D eigenvalue weighted by Gasteiger charge is 2.26. The van der Waals surface area contributed by atoms with Crippen molar-refractivity contribution in [2.45, 2.75) is 46.7 Å². The van der Waals surface area contributed by atoms with Crippen LogP contribution < -0.4 is 5.32 Å². The molecule has 0 unspecified atom stereocenters. The first-order chi connectivity index (χ1) is 13.3. The van der Waals surface area contributed by atoms with Crippen LogP contribution in [0.5, 0.6) is 0 Å². The van der Waals surface area contributed by atoms with Crippen LogP contribution >= 0.6 is 11.6 Å². The first kappa shape index (κ1) is 22.0. The van der Waals surface area contributed by atoms with Gasteiger partial charge in [-0.15, -0.1) is 0 Å². The summed E-state index contributed by atoms with van der Waals surface area (Å²) in [4.78, 5) is 27.4. The van der Waals surface area contributed by atoms with Crippen molar-refractivity contribution in [1.82, 2.24) is 10.2 Å². The second kappa shape index (κ2) is 10.3. The predicted octanol–water partition coefficient (Wildman–Crippen LogP) is 4.38. The van der Waals surface area contributed by atoms with Crippen LogP contribution in [0.3, 0.4) is 0 Å². The number of hydrogen-bond donors (Lipinski definition) is 1. The minimum Gasteiger partial charge on any atom is -0.354 e. The summed E-state index contributed by atoms with van der Waals surface area (Å²) in [6, 6.07) is 14.6. The Morgan fingerprint density at radius 2 is 1.68 bits per heavy atom. The van der Waals surface area contributed by atoms with Crippen molar-refractivity contribution in [2.75, 3.05) is 6.54 Å². The lowest BCUT2D eigenvalue weighted by Crippen LogP contribution is -2.48. The van der Waals surface area contributed by atoms with Crippen molar-refractivity contribution in [3.63, 3.8) is 0 Å². The molecule has 1 N–H and O–H groups in total. The third-order valence-corrected chi connectivity index (χ3v) is 4.97. The fourth-order valence-electron chi connectivity index (χ4n) is 2.89. The molecule has 2 rings (SSSR count). The Morgan fingerprint density at radius 1 is 1.04 bits per heavy atom. The average Bonchev–Trinajstić information content (AvgIpc) is 2.66. The molecular formula is C23H29ClN2O2. The molecule has 1 atom stereocenters. The molecule has 2 aromatic rings. The lowest BCUT2D eigenvalue weighted by Gasteiger charge is -2.29. The Balaban J connectivity index is 2.21. The summed E-state index contributed by atoms with van der Waals surface area (Å²) in [5.74, 6) is 0.140. The zero-order valence-corrected chi connectivity index (χ0v) is 17.8. The highest BCUT2D eigenvalue weighted by Crippen LogP contribution is 2.16. The summed E-state index contributed by atoms with van der Waals surface area (Å²) in [6.45, 7) is 8.80. The molecule has 0 aromatic heterocycles. The van der Waals surface area contributed by atoms with Crippen LogP contribution in [0.15, 0.2) is 48.5 Å². The zero-order valence-electron chi connectivity index (χ0n) is 17.0. The van der Waals surface area contributed by atoms with E-state index >= 15 is 0 Å². The van der Waals surface area contributed by atoms with Gasteiger partial charge in [0.2, 0.25) is 11.8 Å². The summed E-state index contributed by atoms with van der Waals surface area (Å²) in [7, 11) is 0. The number of carbonyl (C=O) groups is 2. The summed E-state index contributed by atoms with van der Waals surface area (Å²) in [5.41, 5.74) is 2.98. The number of amides is 2. The van der Waals surface area contributed by atoms with E-state index in [9.17, 15) is 9.59 Å². The Hall–Kier alpha value is -2.33. The van der Waals surface area contributed by atoms with Gasteiger partial charge in [0.1, 0.15) is 6.04 Å². The number of nitrogens with one attached hydrogen (secondary N) is 1. The zero-order chi connectivity index (χ0) is 20.7. The molecule has 28 heavy (non-hydrogen) atoms. The van der Waals surface area contributed by atoms with E-state index in [1.807, 2.05) is 57.2 Å². The molecule has 0 heterocycles. The molecule has 0 radical (unpaired) electrons. The standard InChI is InChI=1S/C23H29ClN2O2/c1-16(2)14-25-23(28)18(4)26(15-19-9-11-21(24)12-10-19)22(27)13-20-8-6-5-7-17(20)3/h5-12,16,18H,13-15H2,1-4H3,(H,25,28)/t18-/m0/s1. The molecular weight excluding hydrogens is 372 g/mol. The second-order valence-corrected chi connectivity index (χ2v) is 8.00. The monoisotopic (exact) mass is 400 g/mol. The predicted molar refractivity (Wildman–Crippen MR) is 114 cm³/mol. The van der Waals surface area contributed by atoms with E-state index in [0.29, 0.717) is 24.0 Å². The molecule has 4 nitrogen and oxygen atoms in total. The van der Waals surface area contributed by atoms with Crippen molar-refractivity contribution in [3.8, 4) is 0 Å². The Labute approximate surface area is 172 Å². The van der Waals surface area contributed by atoms with Gasteiger partial charge >= 0.3 is 0 Å². The third kappa shape index (κ3) is 6.38. The van der Waals surface area contributed by atoms with Gasteiger partial charge in [0, 0.05) is 18.1 Å². The van der Waals surface area contributed by atoms with Crippen molar-refractivity contribution in [1.29, 1.82) is 0 Å². The fraction of sp³-hybridized carbons (Fsp3) is 0.391. The van der Waals surface area contributed by atoms with E-state index in [1.165, 1.54) is 0 Å². The molecule has 2 aromatic carbocycles. The van der Waals surface area contributed by atoms with Crippen LogP contribution in [0.25, 0.3) is 0 Å². The highest BCUT2D eigenvalue weighted by atomic mass is 35.5. The lowest BCUT2D eigenvalue weighted by atomic mass is 10.0. The summed E-state index contributed by atoms with van der Waals surface area (Å²) >= 11 is 5.97. The number of carbonyl (C=O) groups excluding carboxylic acids is 2. The van der Waals surface area contributed by atoms with Crippen LogP contribution in [-0.4, -0.2) is 29.3 Å². The van der Waals surface area contributed by atoms with E-state index < -0.39 is 6.04 Å². The lowest BCUT2D eigenvalue weighted by molar-refractivity contribution is -0.140. The van der Waals surface area contributed by atoms with Gasteiger partial charge in [0.05, 0.1) is 6.42 Å². The van der Waals surface area contributed by atoms with E-state index in [-0.39, 0.29) is 18.2 Å². The first-order valence-electron chi connectivity index (χ1n) is 9.64. The molecule has 0 aliphatic heterocycles. The van der Waals surface area contributed by atoms with Crippen LogP contribution in [0.1, 0.15) is 37.5 Å².